The van der Waals surface area contributed by atoms with Gasteiger partial charge in [0.05, 0.1) is 17.2 Å². The second kappa shape index (κ2) is 5.23. The van der Waals surface area contributed by atoms with Crippen LogP contribution in [0.2, 0.25) is 0 Å². The summed E-state index contributed by atoms with van der Waals surface area (Å²) in [6, 6.07) is 5.46. The minimum Gasteiger partial charge on any atom is -0.192 e. The van der Waals surface area contributed by atoms with Crippen LogP contribution < -0.4 is 0 Å². The van der Waals surface area contributed by atoms with E-state index in [0.29, 0.717) is 5.25 Å². The maximum Gasteiger partial charge on any atom is 0.417 e. The van der Waals surface area contributed by atoms with Crippen LogP contribution in [0.1, 0.15) is 36.8 Å². The monoisotopic (exact) mass is 271 g/mol. The summed E-state index contributed by atoms with van der Waals surface area (Å²) < 4.78 is 37.8. The molecular formula is C13H12F3NS. The Hall–Kier alpha value is -1.15. The zero-order valence-corrected chi connectivity index (χ0v) is 10.4. The second-order valence-electron chi connectivity index (χ2n) is 4.34. The van der Waals surface area contributed by atoms with Crippen LogP contribution in [0.5, 0.6) is 0 Å². The Labute approximate surface area is 108 Å². The van der Waals surface area contributed by atoms with Crippen LogP contribution in [-0.4, -0.2) is 5.25 Å². The molecule has 0 amide bonds. The molecule has 0 spiro atoms. The van der Waals surface area contributed by atoms with Crippen LogP contribution in [-0.2, 0) is 6.18 Å². The number of alkyl halides is 3. The van der Waals surface area contributed by atoms with Crippen LogP contribution in [0, 0.1) is 11.3 Å². The van der Waals surface area contributed by atoms with Crippen LogP contribution in [0.3, 0.4) is 0 Å². The number of nitrogens with zero attached hydrogens (tertiary/aromatic N) is 1. The van der Waals surface area contributed by atoms with Crippen molar-refractivity contribution in [3.8, 4) is 6.07 Å². The first-order valence-electron chi connectivity index (χ1n) is 5.78. The molecule has 5 heteroatoms. The molecule has 2 rings (SSSR count). The van der Waals surface area contributed by atoms with Crippen LogP contribution in [0.15, 0.2) is 23.1 Å². The first kappa shape index (κ1) is 13.3. The molecular weight excluding hydrogens is 259 g/mol. The van der Waals surface area contributed by atoms with Crippen molar-refractivity contribution in [3.05, 3.63) is 29.3 Å². The molecule has 0 aliphatic heterocycles. The molecule has 1 aromatic rings. The van der Waals surface area contributed by atoms with Gasteiger partial charge >= 0.3 is 6.18 Å². The van der Waals surface area contributed by atoms with Crippen molar-refractivity contribution >= 4 is 11.8 Å². The fourth-order valence-corrected chi connectivity index (χ4v) is 3.42. The predicted octanol–water partition coefficient (Wildman–Crippen LogP) is 4.61. The molecule has 0 aromatic heterocycles. The van der Waals surface area contributed by atoms with Gasteiger partial charge in [0.15, 0.2) is 0 Å². The fourth-order valence-electron chi connectivity index (χ4n) is 2.14. The Morgan fingerprint density at radius 3 is 2.44 bits per heavy atom. The summed E-state index contributed by atoms with van der Waals surface area (Å²) in [5.41, 5.74) is -1.13. The lowest BCUT2D eigenvalue weighted by Gasteiger charge is -2.12. The van der Waals surface area contributed by atoms with Crippen LogP contribution >= 0.6 is 11.8 Å². The van der Waals surface area contributed by atoms with Gasteiger partial charge in [-0.2, -0.15) is 18.4 Å². The van der Waals surface area contributed by atoms with Crippen molar-refractivity contribution in [2.75, 3.05) is 0 Å². The first-order valence-corrected chi connectivity index (χ1v) is 6.66. The molecule has 1 fully saturated rings. The van der Waals surface area contributed by atoms with Gasteiger partial charge in [-0.05, 0) is 31.0 Å². The van der Waals surface area contributed by atoms with Gasteiger partial charge in [0.1, 0.15) is 0 Å². The quantitative estimate of drug-likeness (QED) is 0.784. The largest absolute Gasteiger partial charge is 0.417 e. The van der Waals surface area contributed by atoms with E-state index in [4.69, 9.17) is 5.26 Å². The molecule has 0 saturated heterocycles. The number of hydrogen-bond acceptors (Lipinski definition) is 2. The van der Waals surface area contributed by atoms with Gasteiger partial charge in [0, 0.05) is 10.1 Å². The maximum atomic E-state index is 12.6. The summed E-state index contributed by atoms with van der Waals surface area (Å²) in [6.45, 7) is 0. The van der Waals surface area contributed by atoms with E-state index in [0.717, 1.165) is 23.8 Å². The number of hydrogen-bond donors (Lipinski definition) is 0. The van der Waals surface area contributed by atoms with Gasteiger partial charge in [0.25, 0.3) is 0 Å². The van der Waals surface area contributed by atoms with E-state index >= 15 is 0 Å². The molecule has 1 saturated carbocycles. The zero-order valence-electron chi connectivity index (χ0n) is 9.63. The fraction of sp³-hybridized carbons (Fsp3) is 0.462. The minimum absolute atomic E-state index is 0.287. The smallest absolute Gasteiger partial charge is 0.192 e. The number of halogens is 3. The van der Waals surface area contributed by atoms with Gasteiger partial charge < -0.3 is 0 Å². The number of nitriles is 1. The van der Waals surface area contributed by atoms with Gasteiger partial charge in [-0.15, -0.1) is 11.8 Å². The highest BCUT2D eigenvalue weighted by atomic mass is 32.2. The van der Waals surface area contributed by atoms with Crippen LogP contribution in [0.4, 0.5) is 13.2 Å². The highest BCUT2D eigenvalue weighted by molar-refractivity contribution is 8.00. The van der Waals surface area contributed by atoms with E-state index in [-0.39, 0.29) is 5.56 Å². The van der Waals surface area contributed by atoms with E-state index in [1.54, 1.807) is 17.8 Å². The van der Waals surface area contributed by atoms with Gasteiger partial charge in [-0.1, -0.05) is 12.8 Å². The van der Waals surface area contributed by atoms with Crippen LogP contribution in [0.25, 0.3) is 0 Å². The Bertz CT molecular complexity index is 470. The Kier molecular flexibility index (Phi) is 3.86. The van der Waals surface area contributed by atoms with E-state index in [1.165, 1.54) is 25.0 Å². The molecule has 0 radical (unpaired) electrons. The molecule has 1 aliphatic rings. The number of rotatable bonds is 2. The molecule has 96 valence electrons. The summed E-state index contributed by atoms with van der Waals surface area (Å²) in [6.07, 6.45) is 0.121. The van der Waals surface area contributed by atoms with Crippen molar-refractivity contribution in [3.63, 3.8) is 0 Å². The Morgan fingerprint density at radius 2 is 1.89 bits per heavy atom. The van der Waals surface area contributed by atoms with Gasteiger partial charge in [-0.25, -0.2) is 0 Å². The summed E-state index contributed by atoms with van der Waals surface area (Å²) in [5.74, 6) is 0. The minimum atomic E-state index is -4.46. The zero-order chi connectivity index (χ0) is 13.2. The lowest BCUT2D eigenvalue weighted by molar-refractivity contribution is -0.137. The lowest BCUT2D eigenvalue weighted by atomic mass is 10.1. The topological polar surface area (TPSA) is 23.8 Å². The molecule has 0 bridgehead atoms. The number of thioether (sulfide) groups is 1. The molecule has 0 unspecified atom stereocenters. The summed E-state index contributed by atoms with van der Waals surface area (Å²) >= 11 is 1.58. The lowest BCUT2D eigenvalue weighted by Crippen LogP contribution is -2.07. The third-order valence-electron chi connectivity index (χ3n) is 3.02. The highest BCUT2D eigenvalue weighted by Gasteiger charge is 2.33. The van der Waals surface area contributed by atoms with Crippen molar-refractivity contribution in [1.82, 2.24) is 0 Å². The van der Waals surface area contributed by atoms with Gasteiger partial charge in [-0.3, -0.25) is 0 Å². The summed E-state index contributed by atoms with van der Waals surface area (Å²) in [7, 11) is 0. The SMILES string of the molecule is N#Cc1cc(SC2CCCC2)ccc1C(F)(F)F. The predicted molar refractivity (Wildman–Crippen MR) is 64.3 cm³/mol. The third-order valence-corrected chi connectivity index (χ3v) is 4.35. The second-order valence-corrected chi connectivity index (χ2v) is 5.72. The van der Waals surface area contributed by atoms with Crippen molar-refractivity contribution in [1.29, 1.82) is 5.26 Å². The molecule has 0 heterocycles. The van der Waals surface area contributed by atoms with Crippen molar-refractivity contribution in [2.45, 2.75) is 42.0 Å². The van der Waals surface area contributed by atoms with E-state index in [1.807, 2.05) is 0 Å². The Morgan fingerprint density at radius 1 is 1.22 bits per heavy atom. The average Bonchev–Trinajstić information content (AvgIpc) is 2.80. The first-order chi connectivity index (χ1) is 8.50. The molecule has 0 atom stereocenters. The molecule has 18 heavy (non-hydrogen) atoms. The van der Waals surface area contributed by atoms with Gasteiger partial charge in [0.2, 0.25) is 0 Å². The maximum absolute atomic E-state index is 12.6. The van der Waals surface area contributed by atoms with Crippen molar-refractivity contribution in [2.24, 2.45) is 0 Å². The van der Waals surface area contributed by atoms with Crippen molar-refractivity contribution < 1.29 is 13.2 Å². The standard InChI is InChI=1S/C13H12F3NS/c14-13(15,16)12-6-5-11(7-9(12)8-17)18-10-3-1-2-4-10/h5-7,10H,1-4H2. The molecule has 0 N–H and O–H groups in total. The Balaban J connectivity index is 2.22. The normalized spacial score (nSPS) is 16.8. The van der Waals surface area contributed by atoms with E-state index in [2.05, 4.69) is 0 Å². The average molecular weight is 271 g/mol. The summed E-state index contributed by atoms with van der Waals surface area (Å²) in [4.78, 5) is 0.756. The van der Waals surface area contributed by atoms with E-state index in [9.17, 15) is 13.2 Å². The third kappa shape index (κ3) is 2.99. The van der Waals surface area contributed by atoms with E-state index < -0.39 is 11.7 Å². The number of benzene rings is 1. The molecule has 1 aliphatic carbocycles. The molecule has 1 nitrogen and oxygen atoms in total. The summed E-state index contributed by atoms with van der Waals surface area (Å²) in [5, 5.41) is 9.29. The highest BCUT2D eigenvalue weighted by Crippen LogP contribution is 2.38. The molecule has 1 aromatic carbocycles.